The van der Waals surface area contributed by atoms with Crippen molar-refractivity contribution in [3.8, 4) is 0 Å². The molecule has 2 N–H and O–H groups in total. The first-order chi connectivity index (χ1) is 9.45. The number of hydrogen-bond donors (Lipinski definition) is 2. The number of nitrogens with zero attached hydrogens (tertiary/aromatic N) is 1. The van der Waals surface area contributed by atoms with Crippen molar-refractivity contribution in [2.75, 3.05) is 5.32 Å². The van der Waals surface area contributed by atoms with E-state index in [0.717, 1.165) is 8.66 Å². The molecular weight excluding hydrogens is 362 g/mol. The lowest BCUT2D eigenvalue weighted by atomic mass is 10.3. The molecule has 5 nitrogen and oxygen atoms in total. The average molecular weight is 374 g/mol. The van der Waals surface area contributed by atoms with Gasteiger partial charge in [-0.1, -0.05) is 0 Å². The Morgan fingerprint density at radius 1 is 1.35 bits per heavy atom. The van der Waals surface area contributed by atoms with Crippen LogP contribution in [0.1, 0.15) is 21.5 Å². The summed E-state index contributed by atoms with van der Waals surface area (Å²) in [6.07, 6.45) is 1.69. The van der Waals surface area contributed by atoms with Crippen LogP contribution in [-0.4, -0.2) is 22.8 Å². The molecule has 0 aliphatic rings. The SMILES string of the molecule is Cc1cnc(NC(=O)C(C)NC(=O)c2ccc(Br)s2)s1. The predicted octanol–water partition coefficient (Wildman–Crippen LogP) is 3.03. The van der Waals surface area contributed by atoms with Crippen molar-refractivity contribution in [1.29, 1.82) is 0 Å². The normalized spacial score (nSPS) is 11.9. The molecule has 2 aromatic heterocycles. The summed E-state index contributed by atoms with van der Waals surface area (Å²) in [6.45, 7) is 3.55. The zero-order chi connectivity index (χ0) is 14.7. The Bertz CT molecular complexity index is 638. The van der Waals surface area contributed by atoms with Gasteiger partial charge in [-0.05, 0) is 41.9 Å². The van der Waals surface area contributed by atoms with Crippen LogP contribution in [0.25, 0.3) is 0 Å². The highest BCUT2D eigenvalue weighted by Crippen LogP contribution is 2.22. The highest BCUT2D eigenvalue weighted by Gasteiger charge is 2.18. The van der Waals surface area contributed by atoms with Crippen LogP contribution < -0.4 is 10.6 Å². The Balaban J connectivity index is 1.92. The van der Waals surface area contributed by atoms with Gasteiger partial charge in [0.2, 0.25) is 5.91 Å². The van der Waals surface area contributed by atoms with Gasteiger partial charge in [0.1, 0.15) is 6.04 Å². The Hall–Kier alpha value is -1.25. The molecule has 0 bridgehead atoms. The van der Waals surface area contributed by atoms with Crippen molar-refractivity contribution in [3.63, 3.8) is 0 Å². The van der Waals surface area contributed by atoms with Crippen LogP contribution >= 0.6 is 38.6 Å². The fourth-order valence-electron chi connectivity index (χ4n) is 1.40. The van der Waals surface area contributed by atoms with Gasteiger partial charge in [0.25, 0.3) is 5.91 Å². The summed E-state index contributed by atoms with van der Waals surface area (Å²) in [4.78, 5) is 29.5. The first-order valence-electron chi connectivity index (χ1n) is 5.75. The van der Waals surface area contributed by atoms with Gasteiger partial charge in [0.05, 0.1) is 8.66 Å². The van der Waals surface area contributed by atoms with E-state index in [1.54, 1.807) is 25.3 Å². The number of carbonyl (C=O) groups excluding carboxylic acids is 2. The van der Waals surface area contributed by atoms with E-state index in [9.17, 15) is 9.59 Å². The van der Waals surface area contributed by atoms with E-state index < -0.39 is 6.04 Å². The first kappa shape index (κ1) is 15.1. The van der Waals surface area contributed by atoms with Crippen molar-refractivity contribution in [2.45, 2.75) is 19.9 Å². The van der Waals surface area contributed by atoms with Crippen LogP contribution in [0.5, 0.6) is 0 Å². The van der Waals surface area contributed by atoms with Crippen molar-refractivity contribution in [3.05, 3.63) is 31.9 Å². The van der Waals surface area contributed by atoms with Crippen molar-refractivity contribution >= 4 is 55.5 Å². The largest absolute Gasteiger partial charge is 0.340 e. The number of amides is 2. The van der Waals surface area contributed by atoms with Crippen LogP contribution in [0, 0.1) is 6.92 Å². The summed E-state index contributed by atoms with van der Waals surface area (Å²) < 4.78 is 0.873. The fourth-order valence-corrected chi connectivity index (χ4v) is 3.35. The third kappa shape index (κ3) is 3.87. The highest BCUT2D eigenvalue weighted by atomic mass is 79.9. The summed E-state index contributed by atoms with van der Waals surface area (Å²) >= 11 is 6.01. The van der Waals surface area contributed by atoms with Gasteiger partial charge in [0.15, 0.2) is 5.13 Å². The molecule has 0 aliphatic carbocycles. The van der Waals surface area contributed by atoms with Gasteiger partial charge in [0, 0.05) is 11.1 Å². The number of hydrogen-bond acceptors (Lipinski definition) is 5. The molecule has 0 spiro atoms. The lowest BCUT2D eigenvalue weighted by Gasteiger charge is -2.12. The third-order valence-electron chi connectivity index (χ3n) is 2.39. The monoisotopic (exact) mass is 373 g/mol. The summed E-state index contributed by atoms with van der Waals surface area (Å²) in [7, 11) is 0. The molecule has 8 heteroatoms. The summed E-state index contributed by atoms with van der Waals surface area (Å²) in [5.74, 6) is -0.554. The average Bonchev–Trinajstić information content (AvgIpc) is 2.98. The molecule has 2 amide bonds. The van der Waals surface area contributed by atoms with E-state index >= 15 is 0 Å². The number of halogens is 1. The lowest BCUT2D eigenvalue weighted by molar-refractivity contribution is -0.117. The van der Waals surface area contributed by atoms with E-state index in [4.69, 9.17) is 0 Å². The maximum atomic E-state index is 11.9. The highest BCUT2D eigenvalue weighted by molar-refractivity contribution is 9.11. The van der Waals surface area contributed by atoms with E-state index in [1.807, 2.05) is 6.92 Å². The van der Waals surface area contributed by atoms with Gasteiger partial charge in [-0.3, -0.25) is 9.59 Å². The number of carbonyl (C=O) groups is 2. The molecule has 0 radical (unpaired) electrons. The summed E-state index contributed by atoms with van der Waals surface area (Å²) in [5, 5.41) is 5.86. The maximum Gasteiger partial charge on any atom is 0.262 e. The van der Waals surface area contributed by atoms with Crippen LogP contribution in [0.2, 0.25) is 0 Å². The molecule has 0 aliphatic heterocycles. The van der Waals surface area contributed by atoms with Crippen molar-refractivity contribution in [2.24, 2.45) is 0 Å². The van der Waals surface area contributed by atoms with Gasteiger partial charge >= 0.3 is 0 Å². The Morgan fingerprint density at radius 3 is 2.65 bits per heavy atom. The van der Waals surface area contributed by atoms with E-state index in [0.29, 0.717) is 10.0 Å². The van der Waals surface area contributed by atoms with E-state index in [-0.39, 0.29) is 11.8 Å². The first-order valence-corrected chi connectivity index (χ1v) is 8.18. The molecule has 0 saturated carbocycles. The maximum absolute atomic E-state index is 11.9. The summed E-state index contributed by atoms with van der Waals surface area (Å²) in [5.41, 5.74) is 0. The van der Waals surface area contributed by atoms with Crippen LogP contribution in [0.15, 0.2) is 22.1 Å². The molecule has 0 saturated heterocycles. The lowest BCUT2D eigenvalue weighted by Crippen LogP contribution is -2.41. The second kappa shape index (κ2) is 6.47. The number of nitrogens with one attached hydrogen (secondary N) is 2. The minimum atomic E-state index is -0.632. The molecule has 2 rings (SSSR count). The number of aromatic nitrogens is 1. The molecular formula is C12H12BrN3O2S2. The quantitative estimate of drug-likeness (QED) is 0.864. The number of aryl methyl sites for hydroxylation is 1. The zero-order valence-corrected chi connectivity index (χ0v) is 14.0. The van der Waals surface area contributed by atoms with Crippen LogP contribution in [-0.2, 0) is 4.79 Å². The molecule has 1 atom stereocenters. The topological polar surface area (TPSA) is 71.1 Å². The smallest absolute Gasteiger partial charge is 0.262 e. The number of rotatable bonds is 4. The van der Waals surface area contributed by atoms with E-state index in [1.165, 1.54) is 22.7 Å². The Labute approximate surface area is 132 Å². The summed E-state index contributed by atoms with van der Waals surface area (Å²) in [6, 6.07) is 2.87. The fraction of sp³-hybridized carbons (Fsp3) is 0.250. The second-order valence-electron chi connectivity index (χ2n) is 4.06. The Morgan fingerprint density at radius 2 is 2.10 bits per heavy atom. The van der Waals surface area contributed by atoms with Gasteiger partial charge < -0.3 is 10.6 Å². The van der Waals surface area contributed by atoms with Crippen molar-refractivity contribution in [1.82, 2.24) is 10.3 Å². The second-order valence-corrected chi connectivity index (χ2v) is 7.76. The van der Waals surface area contributed by atoms with Gasteiger partial charge in [-0.25, -0.2) is 4.98 Å². The van der Waals surface area contributed by atoms with E-state index in [2.05, 4.69) is 31.5 Å². The number of thiazole rings is 1. The number of thiophene rings is 1. The van der Waals surface area contributed by atoms with Gasteiger partial charge in [-0.15, -0.1) is 22.7 Å². The molecule has 0 fully saturated rings. The minimum Gasteiger partial charge on any atom is -0.340 e. The molecule has 2 heterocycles. The molecule has 20 heavy (non-hydrogen) atoms. The Kier molecular flexibility index (Phi) is 4.90. The van der Waals surface area contributed by atoms with Gasteiger partial charge in [-0.2, -0.15) is 0 Å². The van der Waals surface area contributed by atoms with Crippen LogP contribution in [0.3, 0.4) is 0 Å². The van der Waals surface area contributed by atoms with Crippen molar-refractivity contribution < 1.29 is 9.59 Å². The zero-order valence-electron chi connectivity index (χ0n) is 10.8. The molecule has 0 aromatic carbocycles. The molecule has 1 unspecified atom stereocenters. The standard InChI is InChI=1S/C12H12BrN3O2S2/c1-6-5-14-12(19-6)16-10(17)7(2)15-11(18)8-3-4-9(13)20-8/h3-5,7H,1-2H3,(H,15,18)(H,14,16,17). The molecule has 2 aromatic rings. The molecule has 106 valence electrons. The third-order valence-corrected chi connectivity index (χ3v) is 4.84. The minimum absolute atomic E-state index is 0.265. The predicted molar refractivity (Wildman–Crippen MR) is 84.4 cm³/mol. The van der Waals surface area contributed by atoms with Crippen LogP contribution in [0.4, 0.5) is 5.13 Å². The number of anilines is 1.